The maximum Gasteiger partial charge on any atom is 0.186 e. The number of aliphatic hydroxyl groups excluding tert-OH is 7. The zero-order chi connectivity index (χ0) is 45.2. The van der Waals surface area contributed by atoms with Gasteiger partial charge in [-0.2, -0.15) is 0 Å². The summed E-state index contributed by atoms with van der Waals surface area (Å²) in [6, 6.07) is 0. The van der Waals surface area contributed by atoms with Crippen LogP contribution in [0.1, 0.15) is 139 Å². The van der Waals surface area contributed by atoms with Crippen LogP contribution in [-0.2, 0) is 28.4 Å². The third kappa shape index (κ3) is 9.25. The molecule has 6 fully saturated rings. The van der Waals surface area contributed by atoms with Crippen molar-refractivity contribution in [3.05, 3.63) is 11.6 Å². The molecule has 0 aromatic heterocycles. The molecule has 14 heteroatoms. The quantitative estimate of drug-likeness (QED) is 0.115. The van der Waals surface area contributed by atoms with Crippen molar-refractivity contribution in [2.45, 2.75) is 224 Å². The highest BCUT2D eigenvalue weighted by atomic mass is 16.7. The molecular formula is C48H82O14. The molecular weight excluding hydrogens is 801 g/mol. The molecule has 4 aliphatic carbocycles. The van der Waals surface area contributed by atoms with Crippen LogP contribution >= 0.6 is 0 Å². The summed E-state index contributed by atoms with van der Waals surface area (Å²) in [6.07, 6.45) is 1.77. The Balaban J connectivity index is 0.992. The first-order valence-electron chi connectivity index (χ1n) is 24.0. The van der Waals surface area contributed by atoms with Crippen molar-refractivity contribution in [3.63, 3.8) is 0 Å². The van der Waals surface area contributed by atoms with Crippen LogP contribution in [0.5, 0.6) is 0 Å². The van der Waals surface area contributed by atoms with Gasteiger partial charge in [0.25, 0.3) is 0 Å². The van der Waals surface area contributed by atoms with E-state index in [1.165, 1.54) is 18.4 Å². The normalized spacial score (nSPS) is 48.1. The van der Waals surface area contributed by atoms with E-state index in [-0.39, 0.29) is 53.8 Å². The van der Waals surface area contributed by atoms with Crippen molar-refractivity contribution in [3.8, 4) is 0 Å². The van der Waals surface area contributed by atoms with Gasteiger partial charge in [0.1, 0.15) is 18.3 Å². The fraction of sp³-hybridized carbons (Fsp3) is 0.958. The molecule has 8 N–H and O–H groups in total. The van der Waals surface area contributed by atoms with Crippen LogP contribution in [0.2, 0.25) is 0 Å². The van der Waals surface area contributed by atoms with Crippen molar-refractivity contribution in [2.75, 3.05) is 19.8 Å². The molecule has 7 aliphatic rings. The van der Waals surface area contributed by atoms with E-state index in [0.717, 1.165) is 38.5 Å². The minimum Gasteiger partial charge on any atom is -0.394 e. The summed E-state index contributed by atoms with van der Waals surface area (Å²) < 4.78 is 36.6. The lowest BCUT2D eigenvalue weighted by Crippen LogP contribution is -2.60. The molecule has 0 amide bonds. The Hall–Kier alpha value is -0.820. The van der Waals surface area contributed by atoms with Gasteiger partial charge in [0, 0.05) is 31.1 Å². The molecule has 62 heavy (non-hydrogen) atoms. The van der Waals surface area contributed by atoms with E-state index in [4.69, 9.17) is 28.4 Å². The van der Waals surface area contributed by atoms with Gasteiger partial charge in [0.2, 0.25) is 0 Å². The number of ether oxygens (including phenoxy) is 6. The van der Waals surface area contributed by atoms with E-state index < -0.39 is 86.0 Å². The van der Waals surface area contributed by atoms with E-state index in [1.54, 1.807) is 13.8 Å². The molecule has 3 saturated carbocycles. The molecule has 14 nitrogen and oxygen atoms in total. The van der Waals surface area contributed by atoms with Gasteiger partial charge in [-0.05, 0) is 112 Å². The van der Waals surface area contributed by atoms with E-state index in [2.05, 4.69) is 47.6 Å². The lowest BCUT2D eigenvalue weighted by molar-refractivity contribution is -0.314. The minimum atomic E-state index is -1.24. The highest BCUT2D eigenvalue weighted by Gasteiger charge is 2.67. The average Bonchev–Trinajstić information content (AvgIpc) is 3.48. The van der Waals surface area contributed by atoms with Crippen molar-refractivity contribution in [1.29, 1.82) is 0 Å². The average molecular weight is 883 g/mol. The van der Waals surface area contributed by atoms with Crippen LogP contribution in [0, 0.1) is 45.3 Å². The third-order valence-corrected chi connectivity index (χ3v) is 18.0. The number of hydrogen-bond acceptors (Lipinski definition) is 14. The Labute approximate surface area is 369 Å². The zero-order valence-electron chi connectivity index (χ0n) is 38.7. The number of hydrogen-bond donors (Lipinski definition) is 8. The maximum atomic E-state index is 11.2. The fourth-order valence-corrected chi connectivity index (χ4v) is 14.1. The second-order valence-corrected chi connectivity index (χ2v) is 22.6. The Morgan fingerprint density at radius 3 is 2.21 bits per heavy atom. The Morgan fingerprint density at radius 1 is 0.774 bits per heavy atom. The minimum absolute atomic E-state index is 0.00111. The molecule has 0 aromatic carbocycles. The van der Waals surface area contributed by atoms with Gasteiger partial charge in [-0.1, -0.05) is 53.2 Å². The summed E-state index contributed by atoms with van der Waals surface area (Å²) >= 11 is 0. The first kappa shape index (κ1) is 49.1. The van der Waals surface area contributed by atoms with E-state index >= 15 is 0 Å². The predicted octanol–water partition coefficient (Wildman–Crippen LogP) is 4.09. The molecule has 0 radical (unpaired) electrons. The summed E-state index contributed by atoms with van der Waals surface area (Å²) in [5.41, 5.74) is 0.414. The molecule has 3 unspecified atom stereocenters. The van der Waals surface area contributed by atoms with Gasteiger partial charge in [-0.15, -0.1) is 0 Å². The van der Waals surface area contributed by atoms with Gasteiger partial charge in [-0.25, -0.2) is 0 Å². The number of allylic oxidation sites excluding steroid dienone is 1. The monoisotopic (exact) mass is 883 g/mol. The topological polar surface area (TPSA) is 217 Å². The Bertz CT molecular complexity index is 1540. The molecule has 3 heterocycles. The molecule has 0 aromatic rings. The first-order valence-corrected chi connectivity index (χ1v) is 24.0. The van der Waals surface area contributed by atoms with Crippen molar-refractivity contribution in [1.82, 2.24) is 0 Å². The van der Waals surface area contributed by atoms with Crippen LogP contribution in [0.15, 0.2) is 11.6 Å². The van der Waals surface area contributed by atoms with Gasteiger partial charge >= 0.3 is 0 Å². The van der Waals surface area contributed by atoms with Crippen LogP contribution in [0.3, 0.4) is 0 Å². The number of rotatable bonds is 14. The zero-order valence-corrected chi connectivity index (χ0v) is 38.7. The summed E-state index contributed by atoms with van der Waals surface area (Å²) in [5.74, 6) is 1.88. The third-order valence-electron chi connectivity index (χ3n) is 18.0. The van der Waals surface area contributed by atoms with Crippen LogP contribution in [-0.4, -0.2) is 146 Å². The van der Waals surface area contributed by atoms with Gasteiger partial charge in [0.05, 0.1) is 68.1 Å². The number of fused-ring (bicyclic) bond motifs is 5. The largest absolute Gasteiger partial charge is 0.394 e. The predicted molar refractivity (Wildman–Crippen MR) is 228 cm³/mol. The van der Waals surface area contributed by atoms with Gasteiger partial charge in [0.15, 0.2) is 18.9 Å². The van der Waals surface area contributed by atoms with Crippen LogP contribution in [0.25, 0.3) is 0 Å². The van der Waals surface area contributed by atoms with Gasteiger partial charge in [-0.3, -0.25) is 0 Å². The summed E-state index contributed by atoms with van der Waals surface area (Å²) in [4.78, 5) is 0. The smallest absolute Gasteiger partial charge is 0.186 e. The van der Waals surface area contributed by atoms with Crippen LogP contribution < -0.4 is 0 Å². The second-order valence-electron chi connectivity index (χ2n) is 22.6. The highest BCUT2D eigenvalue weighted by Crippen LogP contribution is 2.75. The second kappa shape index (κ2) is 18.7. The first-order chi connectivity index (χ1) is 29.0. The lowest BCUT2D eigenvalue weighted by Gasteiger charge is -2.66. The van der Waals surface area contributed by atoms with Crippen molar-refractivity contribution < 1.29 is 69.3 Å². The molecule has 7 rings (SSSR count). The standard InChI is InChI=1S/C48H82O14/c1-26(9-13-39(45(4,5)56)61-40-20-27(51)19-28(23-49)58-40)30-15-16-48(8)37-12-10-31-32(46(37,6)17-18-47(30,48)7)11-14-38(44(31,2)3)62-43-41(55)34(53)21-29(59-43)25-57-42-35(54)22-33(52)36(24-50)60-42/h10,26-30,32-43,49-56H,9,11-25H2,1-8H3/t26-,27+,28+,29+,30?,32?,33+,34+,35-,36-,37?,38+,39-,40+,41-,42-,43+,46+,47-,48+/m1/s1. The molecule has 20 atom stereocenters. The molecule has 3 saturated heterocycles. The molecule has 0 spiro atoms. The van der Waals surface area contributed by atoms with E-state index in [0.29, 0.717) is 42.9 Å². The Kier molecular flexibility index (Phi) is 14.8. The Morgan fingerprint density at radius 2 is 1.52 bits per heavy atom. The number of aliphatic hydroxyl groups is 8. The van der Waals surface area contributed by atoms with Crippen molar-refractivity contribution in [2.24, 2.45) is 45.3 Å². The summed E-state index contributed by atoms with van der Waals surface area (Å²) in [7, 11) is 0. The highest BCUT2D eigenvalue weighted by molar-refractivity contribution is 5.30. The van der Waals surface area contributed by atoms with E-state index in [9.17, 15) is 40.9 Å². The lowest BCUT2D eigenvalue weighted by atomic mass is 9.39. The summed E-state index contributed by atoms with van der Waals surface area (Å²) in [5, 5.41) is 83.4. The maximum absolute atomic E-state index is 11.2. The SMILES string of the molecule is C[C@H](CC[C@@H](O[C@H]1C[C@@H](O)C[C@@H](CO)O1)C(C)(C)O)C1CC[C@@]2(C)C3CC=C4C(CC[C@H](O[C@@H]5O[C@H](CO[C@@H]6O[C@H](CO)[C@@H](O)C[C@H]6O)C[C@H](O)[C@H]5O)C4(C)C)[C@]3(C)CC[C@]12C. The molecule has 358 valence electrons. The van der Waals surface area contributed by atoms with E-state index in [1.807, 2.05) is 0 Å². The summed E-state index contributed by atoms with van der Waals surface area (Å²) in [6.45, 7) is 17.5. The molecule has 3 aliphatic heterocycles. The molecule has 0 bridgehead atoms. The van der Waals surface area contributed by atoms with Gasteiger partial charge < -0.3 is 69.3 Å². The van der Waals surface area contributed by atoms with Crippen molar-refractivity contribution >= 4 is 0 Å². The van der Waals surface area contributed by atoms with Crippen LogP contribution in [0.4, 0.5) is 0 Å². The fourth-order valence-electron chi connectivity index (χ4n) is 14.1.